The van der Waals surface area contributed by atoms with Crippen molar-refractivity contribution in [3.63, 3.8) is 0 Å². The molecular formula is C21H28N6O. The van der Waals surface area contributed by atoms with Crippen molar-refractivity contribution in [1.29, 1.82) is 0 Å². The lowest BCUT2D eigenvalue weighted by molar-refractivity contribution is 0.0613. The molecule has 0 saturated heterocycles. The van der Waals surface area contributed by atoms with Gasteiger partial charge in [-0.05, 0) is 37.8 Å². The maximum Gasteiger partial charge on any atom is 0.275 e. The number of aromatic amines is 1. The number of hydrogen-bond acceptors (Lipinski definition) is 4. The fraction of sp³-hybridized carbons (Fsp3) is 0.524. The summed E-state index contributed by atoms with van der Waals surface area (Å²) in [5.41, 5.74) is 3.55. The van der Waals surface area contributed by atoms with Crippen LogP contribution in [0.15, 0.2) is 24.4 Å². The molecule has 0 aromatic carbocycles. The maximum atomic E-state index is 13.6. The number of carbonyl (C=O) groups is 1. The summed E-state index contributed by atoms with van der Waals surface area (Å²) in [6.07, 6.45) is 3.85. The standard InChI is InChI=1S/C21H28N6O/c1-13(2)14(3)27(12-17-23-22-16-8-6-7-11-26(16)17)20(28)18-15-9-10-21(4,5)19(15)25-24-18/h6-8,11,13-14H,9-10,12H2,1-5H3,(H,24,25). The zero-order valence-corrected chi connectivity index (χ0v) is 17.2. The Morgan fingerprint density at radius 1 is 1.29 bits per heavy atom. The molecule has 1 amide bonds. The third-order valence-corrected chi connectivity index (χ3v) is 6.16. The fourth-order valence-corrected chi connectivity index (χ4v) is 3.96. The minimum atomic E-state index is -0.0379. The van der Waals surface area contributed by atoms with E-state index in [1.165, 1.54) is 0 Å². The van der Waals surface area contributed by atoms with E-state index in [9.17, 15) is 4.79 Å². The molecule has 7 nitrogen and oxygen atoms in total. The highest BCUT2D eigenvalue weighted by atomic mass is 16.2. The molecule has 1 unspecified atom stereocenters. The molecule has 1 aliphatic carbocycles. The molecule has 0 saturated carbocycles. The summed E-state index contributed by atoms with van der Waals surface area (Å²) in [7, 11) is 0. The SMILES string of the molecule is CC(C)C(C)N(Cc1nnc2ccccn12)C(=O)c1n[nH]c2c1CCC2(C)C. The van der Waals surface area contributed by atoms with E-state index in [4.69, 9.17) is 0 Å². The molecule has 1 atom stereocenters. The van der Waals surface area contributed by atoms with Gasteiger partial charge in [-0.1, -0.05) is 33.8 Å². The van der Waals surface area contributed by atoms with Crippen molar-refractivity contribution in [2.75, 3.05) is 0 Å². The van der Waals surface area contributed by atoms with Gasteiger partial charge in [0.1, 0.15) is 0 Å². The first-order valence-corrected chi connectivity index (χ1v) is 9.97. The monoisotopic (exact) mass is 380 g/mol. The van der Waals surface area contributed by atoms with Crippen LogP contribution in [0.3, 0.4) is 0 Å². The number of fused-ring (bicyclic) bond motifs is 2. The van der Waals surface area contributed by atoms with Crippen LogP contribution in [0.4, 0.5) is 0 Å². The number of hydrogen-bond donors (Lipinski definition) is 1. The molecule has 0 spiro atoms. The van der Waals surface area contributed by atoms with Crippen LogP contribution in [-0.4, -0.2) is 41.6 Å². The van der Waals surface area contributed by atoms with Crippen LogP contribution >= 0.6 is 0 Å². The number of aromatic nitrogens is 5. The van der Waals surface area contributed by atoms with Gasteiger partial charge in [-0.2, -0.15) is 5.10 Å². The Bertz CT molecular complexity index is 1020. The van der Waals surface area contributed by atoms with E-state index in [1.807, 2.05) is 33.7 Å². The van der Waals surface area contributed by atoms with E-state index < -0.39 is 0 Å². The summed E-state index contributed by atoms with van der Waals surface area (Å²) in [6, 6.07) is 5.84. The Morgan fingerprint density at radius 2 is 2.07 bits per heavy atom. The van der Waals surface area contributed by atoms with Gasteiger partial charge < -0.3 is 4.90 Å². The van der Waals surface area contributed by atoms with Gasteiger partial charge in [0, 0.05) is 28.9 Å². The van der Waals surface area contributed by atoms with Crippen molar-refractivity contribution >= 4 is 11.6 Å². The molecule has 0 bridgehead atoms. The normalized spacial score (nSPS) is 16.5. The molecule has 0 radical (unpaired) electrons. The smallest absolute Gasteiger partial charge is 0.275 e. The molecule has 1 N–H and O–H groups in total. The van der Waals surface area contributed by atoms with Crippen LogP contribution in [0.5, 0.6) is 0 Å². The van der Waals surface area contributed by atoms with Crippen LogP contribution in [0.2, 0.25) is 0 Å². The molecular weight excluding hydrogens is 352 g/mol. The van der Waals surface area contributed by atoms with E-state index in [-0.39, 0.29) is 17.4 Å². The second-order valence-corrected chi connectivity index (χ2v) is 8.77. The number of nitrogens with zero attached hydrogens (tertiary/aromatic N) is 5. The van der Waals surface area contributed by atoms with E-state index in [0.29, 0.717) is 18.2 Å². The van der Waals surface area contributed by atoms with Crippen LogP contribution in [0.1, 0.15) is 68.6 Å². The van der Waals surface area contributed by atoms with Crippen molar-refractivity contribution in [3.8, 4) is 0 Å². The molecule has 0 aliphatic heterocycles. The third kappa shape index (κ3) is 2.99. The quantitative estimate of drug-likeness (QED) is 0.736. The predicted molar refractivity (Wildman–Crippen MR) is 107 cm³/mol. The molecule has 3 aromatic heterocycles. The molecule has 7 heteroatoms. The van der Waals surface area contributed by atoms with Crippen LogP contribution in [0, 0.1) is 5.92 Å². The summed E-state index contributed by atoms with van der Waals surface area (Å²) in [6.45, 7) is 11.1. The maximum absolute atomic E-state index is 13.6. The highest BCUT2D eigenvalue weighted by Gasteiger charge is 2.37. The Morgan fingerprint density at radius 3 is 2.82 bits per heavy atom. The first-order chi connectivity index (χ1) is 13.3. The Hall–Kier alpha value is -2.70. The predicted octanol–water partition coefficient (Wildman–Crippen LogP) is 3.36. The van der Waals surface area contributed by atoms with Crippen LogP contribution < -0.4 is 0 Å². The topological polar surface area (TPSA) is 79.2 Å². The summed E-state index contributed by atoms with van der Waals surface area (Å²) >= 11 is 0. The summed E-state index contributed by atoms with van der Waals surface area (Å²) in [4.78, 5) is 15.5. The summed E-state index contributed by atoms with van der Waals surface area (Å²) in [5.74, 6) is 1.03. The average Bonchev–Trinajstić information content (AvgIpc) is 3.34. The lowest BCUT2D eigenvalue weighted by Crippen LogP contribution is -2.42. The van der Waals surface area contributed by atoms with Crippen molar-refractivity contribution in [2.45, 2.75) is 65.5 Å². The largest absolute Gasteiger partial charge is 0.327 e. The van der Waals surface area contributed by atoms with Gasteiger partial charge in [-0.3, -0.25) is 14.3 Å². The first kappa shape index (κ1) is 18.7. The number of nitrogens with one attached hydrogen (secondary N) is 1. The second-order valence-electron chi connectivity index (χ2n) is 8.77. The Balaban J connectivity index is 1.70. The highest BCUT2D eigenvalue weighted by Crippen LogP contribution is 2.38. The number of H-pyrrole nitrogens is 1. The lowest BCUT2D eigenvalue weighted by Gasteiger charge is -2.31. The van der Waals surface area contributed by atoms with Gasteiger partial charge in [0.25, 0.3) is 5.91 Å². The third-order valence-electron chi connectivity index (χ3n) is 6.16. The van der Waals surface area contributed by atoms with Crippen molar-refractivity contribution in [3.05, 3.63) is 47.2 Å². The highest BCUT2D eigenvalue weighted by molar-refractivity contribution is 5.94. The molecule has 0 fully saturated rings. The number of pyridine rings is 1. The van der Waals surface area contributed by atoms with Gasteiger partial charge in [0.05, 0.1) is 6.54 Å². The lowest BCUT2D eigenvalue weighted by atomic mass is 9.91. The van der Waals surface area contributed by atoms with Crippen molar-refractivity contribution < 1.29 is 4.79 Å². The van der Waals surface area contributed by atoms with Gasteiger partial charge in [-0.25, -0.2) is 0 Å². The molecule has 3 aromatic rings. The average molecular weight is 380 g/mol. The second kappa shape index (κ2) is 6.72. The Kier molecular flexibility index (Phi) is 4.48. The summed E-state index contributed by atoms with van der Waals surface area (Å²) < 4.78 is 1.94. The summed E-state index contributed by atoms with van der Waals surface area (Å²) in [5, 5.41) is 16.1. The van der Waals surface area contributed by atoms with E-state index in [1.54, 1.807) is 0 Å². The Labute approximate surface area is 165 Å². The zero-order valence-electron chi connectivity index (χ0n) is 17.2. The number of rotatable bonds is 5. The van der Waals surface area contributed by atoms with E-state index >= 15 is 0 Å². The van der Waals surface area contributed by atoms with Crippen molar-refractivity contribution in [1.82, 2.24) is 29.7 Å². The first-order valence-electron chi connectivity index (χ1n) is 9.97. The minimum Gasteiger partial charge on any atom is -0.327 e. The van der Waals surface area contributed by atoms with Gasteiger partial charge in [0.2, 0.25) is 0 Å². The molecule has 4 rings (SSSR count). The fourth-order valence-electron chi connectivity index (χ4n) is 3.96. The van der Waals surface area contributed by atoms with Gasteiger partial charge in [-0.15, -0.1) is 10.2 Å². The zero-order chi connectivity index (χ0) is 20.1. The van der Waals surface area contributed by atoms with E-state index in [2.05, 4.69) is 55.0 Å². The minimum absolute atomic E-state index is 0.0379. The number of amides is 1. The van der Waals surface area contributed by atoms with Crippen LogP contribution in [-0.2, 0) is 18.4 Å². The molecule has 28 heavy (non-hydrogen) atoms. The molecule has 3 heterocycles. The molecule has 148 valence electrons. The van der Waals surface area contributed by atoms with E-state index in [0.717, 1.165) is 35.6 Å². The van der Waals surface area contributed by atoms with Gasteiger partial charge in [0.15, 0.2) is 17.2 Å². The van der Waals surface area contributed by atoms with Gasteiger partial charge >= 0.3 is 0 Å². The molecule has 1 aliphatic rings. The van der Waals surface area contributed by atoms with Crippen molar-refractivity contribution in [2.24, 2.45) is 5.92 Å². The number of carbonyl (C=O) groups excluding carboxylic acids is 1. The van der Waals surface area contributed by atoms with Crippen LogP contribution in [0.25, 0.3) is 5.65 Å².